The average molecular weight is 426 g/mol. The van der Waals surface area contributed by atoms with E-state index in [1.54, 1.807) is 48.5 Å². The number of rotatable bonds is 4. The predicted molar refractivity (Wildman–Crippen MR) is 118 cm³/mol. The maximum absolute atomic E-state index is 13.3. The molecular weight excluding hydrogens is 404 g/mol. The van der Waals surface area contributed by atoms with Crippen molar-refractivity contribution in [2.75, 3.05) is 10.2 Å². The van der Waals surface area contributed by atoms with Crippen LogP contribution >= 0.6 is 0 Å². The van der Waals surface area contributed by atoms with Gasteiger partial charge in [0.15, 0.2) is 5.78 Å². The molecule has 1 heterocycles. The Hall–Kier alpha value is -3.54. The average Bonchev–Trinajstić information content (AvgIpc) is 3.57. The minimum absolute atomic E-state index is 0.0444. The van der Waals surface area contributed by atoms with E-state index < -0.39 is 0 Å². The number of nitrogens with zero attached hydrogens (tertiary/aromatic N) is 1. The third kappa shape index (κ3) is 2.72. The van der Waals surface area contributed by atoms with Crippen LogP contribution in [0.25, 0.3) is 0 Å². The molecule has 6 heteroatoms. The first-order chi connectivity index (χ1) is 15.4. The van der Waals surface area contributed by atoms with Crippen molar-refractivity contribution in [1.82, 2.24) is 0 Å². The van der Waals surface area contributed by atoms with Crippen LogP contribution in [0.4, 0.5) is 11.4 Å². The van der Waals surface area contributed by atoms with Crippen LogP contribution in [0.15, 0.2) is 60.7 Å². The lowest BCUT2D eigenvalue weighted by Crippen LogP contribution is -2.40. The third-order valence-electron chi connectivity index (χ3n) is 7.58. The monoisotopic (exact) mass is 426 g/mol. The molecule has 1 saturated heterocycles. The Kier molecular flexibility index (Phi) is 4.03. The first kappa shape index (κ1) is 19.2. The predicted octanol–water partition coefficient (Wildman–Crippen LogP) is 3.70. The van der Waals surface area contributed by atoms with Crippen LogP contribution in [-0.4, -0.2) is 23.5 Å². The van der Waals surface area contributed by atoms with E-state index in [-0.39, 0.29) is 47.2 Å². The molecule has 6 nitrogen and oxygen atoms in total. The molecule has 3 amide bonds. The Balaban J connectivity index is 1.25. The van der Waals surface area contributed by atoms with E-state index in [0.717, 1.165) is 6.42 Å². The van der Waals surface area contributed by atoms with E-state index in [1.165, 1.54) is 11.8 Å². The highest BCUT2D eigenvalue weighted by molar-refractivity contribution is 6.23. The van der Waals surface area contributed by atoms with Crippen molar-refractivity contribution in [1.29, 1.82) is 0 Å². The van der Waals surface area contributed by atoms with E-state index in [9.17, 15) is 19.2 Å². The van der Waals surface area contributed by atoms with Gasteiger partial charge in [0.05, 0.1) is 17.5 Å². The Labute approximate surface area is 185 Å². The molecule has 1 aliphatic heterocycles. The van der Waals surface area contributed by atoms with Crippen LogP contribution in [0.2, 0.25) is 0 Å². The normalized spacial score (nSPS) is 31.3. The molecule has 4 aliphatic carbocycles. The maximum atomic E-state index is 13.3. The van der Waals surface area contributed by atoms with Crippen molar-refractivity contribution in [3.8, 4) is 0 Å². The van der Waals surface area contributed by atoms with Crippen LogP contribution in [0, 0.1) is 35.5 Å². The van der Waals surface area contributed by atoms with Gasteiger partial charge in [-0.15, -0.1) is 0 Å². The second-order valence-corrected chi connectivity index (χ2v) is 9.30. The van der Waals surface area contributed by atoms with Gasteiger partial charge >= 0.3 is 0 Å². The summed E-state index contributed by atoms with van der Waals surface area (Å²) in [6, 6.07) is 13.3. The standard InChI is InChI=1S/C26H22N2O4/c1-13(29)14-5-7-16(8-6-14)27-24(30)15-3-2-4-17(11-15)28-25(31)22-18-9-10-19(21-12-20(18)21)23(22)26(28)32/h2-11,18-23H,12H2,1H3,(H,27,30)/t18-,19-,20-,21-,22+,23+/m0/s1. The maximum Gasteiger partial charge on any atom is 0.255 e. The summed E-state index contributed by atoms with van der Waals surface area (Å²) in [6.07, 6.45) is 5.42. The second-order valence-electron chi connectivity index (χ2n) is 9.30. The SMILES string of the molecule is CC(=O)c1ccc(NC(=O)c2cccc(N3C(=O)[C@@H]4[C@H]5C=C[C@@H]([C@@H]6C[C@@H]56)[C@H]4C3=O)c2)cc1. The lowest BCUT2D eigenvalue weighted by atomic mass is 9.63. The number of carbonyl (C=O) groups excluding carboxylic acids is 4. The van der Waals surface area contributed by atoms with Crippen LogP contribution in [-0.2, 0) is 9.59 Å². The highest BCUT2D eigenvalue weighted by atomic mass is 16.2. The number of allylic oxidation sites excluding steroid dienone is 2. The summed E-state index contributed by atoms with van der Waals surface area (Å²) in [5, 5.41) is 2.80. The number of carbonyl (C=O) groups is 4. The van der Waals surface area contributed by atoms with Crippen molar-refractivity contribution < 1.29 is 19.2 Å². The Morgan fingerprint density at radius 1 is 0.875 bits per heavy atom. The van der Waals surface area contributed by atoms with Crippen LogP contribution in [0.5, 0.6) is 0 Å². The van der Waals surface area contributed by atoms with Gasteiger partial charge in [0, 0.05) is 16.8 Å². The molecular formula is C26H22N2O4. The summed E-state index contributed by atoms with van der Waals surface area (Å²) < 4.78 is 0. The summed E-state index contributed by atoms with van der Waals surface area (Å²) in [6.45, 7) is 1.49. The number of anilines is 2. The van der Waals surface area contributed by atoms with Crippen LogP contribution in [0.1, 0.15) is 34.1 Å². The molecule has 0 unspecified atom stereocenters. The Bertz CT molecular complexity index is 1180. The summed E-state index contributed by atoms with van der Waals surface area (Å²) in [5.74, 6) is 0.242. The van der Waals surface area contributed by atoms with E-state index >= 15 is 0 Å². The zero-order valence-electron chi connectivity index (χ0n) is 17.5. The molecule has 0 aromatic heterocycles. The minimum atomic E-state index is -0.345. The van der Waals surface area contributed by atoms with Gasteiger partial charge in [-0.05, 0) is 79.5 Å². The van der Waals surface area contributed by atoms with Gasteiger partial charge in [-0.3, -0.25) is 19.2 Å². The van der Waals surface area contributed by atoms with Crippen LogP contribution in [0.3, 0.4) is 0 Å². The van der Waals surface area contributed by atoms with Gasteiger partial charge in [0.25, 0.3) is 5.91 Å². The number of hydrogen-bond acceptors (Lipinski definition) is 4. The molecule has 2 aromatic rings. The third-order valence-corrected chi connectivity index (χ3v) is 7.58. The van der Waals surface area contributed by atoms with E-state index in [1.807, 2.05) is 0 Å². The molecule has 2 bridgehead atoms. The molecule has 32 heavy (non-hydrogen) atoms. The zero-order chi connectivity index (χ0) is 22.1. The fraction of sp³-hybridized carbons (Fsp3) is 0.308. The summed E-state index contributed by atoms with van der Waals surface area (Å²) >= 11 is 0. The summed E-state index contributed by atoms with van der Waals surface area (Å²) in [7, 11) is 0. The topological polar surface area (TPSA) is 83.6 Å². The number of ketones is 1. The molecule has 6 atom stereocenters. The molecule has 0 radical (unpaired) electrons. The van der Waals surface area contributed by atoms with Crippen molar-refractivity contribution in [2.45, 2.75) is 13.3 Å². The molecule has 2 saturated carbocycles. The zero-order valence-corrected chi connectivity index (χ0v) is 17.5. The number of nitrogens with one attached hydrogen (secondary N) is 1. The molecule has 1 N–H and O–H groups in total. The number of Topliss-reactive ketones (excluding diaryl/α,β-unsaturated/α-hetero) is 1. The largest absolute Gasteiger partial charge is 0.322 e. The lowest BCUT2D eigenvalue weighted by Gasteiger charge is -2.37. The first-order valence-electron chi connectivity index (χ1n) is 11.0. The molecule has 0 spiro atoms. The molecule has 7 rings (SSSR count). The first-order valence-corrected chi connectivity index (χ1v) is 11.0. The molecule has 5 aliphatic rings. The van der Waals surface area contributed by atoms with Gasteiger partial charge in [-0.25, -0.2) is 4.90 Å². The van der Waals surface area contributed by atoms with Gasteiger partial charge in [-0.1, -0.05) is 18.2 Å². The number of amides is 3. The highest BCUT2D eigenvalue weighted by Gasteiger charge is 2.67. The number of benzene rings is 2. The van der Waals surface area contributed by atoms with E-state index in [2.05, 4.69) is 17.5 Å². The molecule has 160 valence electrons. The van der Waals surface area contributed by atoms with Gasteiger partial charge in [0.1, 0.15) is 0 Å². The smallest absolute Gasteiger partial charge is 0.255 e. The summed E-state index contributed by atoms with van der Waals surface area (Å²) in [4.78, 5) is 52.1. The van der Waals surface area contributed by atoms with Crippen LogP contribution < -0.4 is 10.2 Å². The van der Waals surface area contributed by atoms with E-state index in [0.29, 0.717) is 34.3 Å². The molecule has 2 aromatic carbocycles. The van der Waals surface area contributed by atoms with Crippen molar-refractivity contribution in [2.24, 2.45) is 35.5 Å². The van der Waals surface area contributed by atoms with Crippen molar-refractivity contribution in [3.63, 3.8) is 0 Å². The van der Waals surface area contributed by atoms with Gasteiger partial charge in [0.2, 0.25) is 11.8 Å². The Morgan fingerprint density at radius 2 is 1.50 bits per heavy atom. The van der Waals surface area contributed by atoms with Crippen molar-refractivity contribution in [3.05, 3.63) is 71.8 Å². The highest BCUT2D eigenvalue weighted by Crippen LogP contribution is 2.65. The fourth-order valence-electron chi connectivity index (χ4n) is 5.99. The number of imide groups is 1. The second kappa shape index (κ2) is 6.73. The quantitative estimate of drug-likeness (QED) is 0.459. The Morgan fingerprint density at radius 3 is 2.09 bits per heavy atom. The summed E-state index contributed by atoms with van der Waals surface area (Å²) in [5.41, 5.74) is 1.94. The minimum Gasteiger partial charge on any atom is -0.322 e. The van der Waals surface area contributed by atoms with Gasteiger partial charge in [-0.2, -0.15) is 0 Å². The van der Waals surface area contributed by atoms with E-state index in [4.69, 9.17) is 0 Å². The number of hydrogen-bond donors (Lipinski definition) is 1. The fourth-order valence-corrected chi connectivity index (χ4v) is 5.99. The van der Waals surface area contributed by atoms with Gasteiger partial charge < -0.3 is 5.32 Å². The molecule has 3 fully saturated rings. The lowest BCUT2D eigenvalue weighted by molar-refractivity contribution is -0.124. The van der Waals surface area contributed by atoms with Crippen molar-refractivity contribution >= 4 is 34.9 Å².